The fourth-order valence-corrected chi connectivity index (χ4v) is 3.10. The highest BCUT2D eigenvalue weighted by Gasteiger charge is 2.17. The van der Waals surface area contributed by atoms with E-state index in [-0.39, 0.29) is 10.8 Å². The van der Waals surface area contributed by atoms with Crippen LogP contribution in [0.2, 0.25) is 0 Å². The second-order valence-corrected chi connectivity index (χ2v) is 8.33. The molecule has 0 aliphatic carbocycles. The first-order chi connectivity index (χ1) is 8.68. The van der Waals surface area contributed by atoms with Crippen LogP contribution in [-0.2, 0) is 10.8 Å². The van der Waals surface area contributed by atoms with Crippen LogP contribution in [0.5, 0.6) is 0 Å². The zero-order valence-corrected chi connectivity index (χ0v) is 13.7. The molecule has 0 saturated heterocycles. The van der Waals surface area contributed by atoms with Crippen LogP contribution >= 0.6 is 11.3 Å². The van der Waals surface area contributed by atoms with Gasteiger partial charge in [0.25, 0.3) is 0 Å². The molecule has 0 amide bonds. The minimum atomic E-state index is 0.227. The molecule has 0 aliphatic heterocycles. The Bertz CT molecular complexity index is 545. The summed E-state index contributed by atoms with van der Waals surface area (Å²) in [4.78, 5) is 2.81. The van der Waals surface area contributed by atoms with Gasteiger partial charge in [0.05, 0.1) is 0 Å². The molecule has 19 heavy (non-hydrogen) atoms. The Morgan fingerprint density at radius 3 is 1.68 bits per heavy atom. The first-order valence-corrected chi connectivity index (χ1v) is 7.71. The van der Waals surface area contributed by atoms with Crippen molar-refractivity contribution >= 4 is 11.3 Å². The van der Waals surface area contributed by atoms with Gasteiger partial charge >= 0.3 is 0 Å². The SMILES string of the molecule is CC(C)(C)c1ccc(-c2ccc(C(C)(C)C)s2)cc1. The molecule has 0 saturated carbocycles. The van der Waals surface area contributed by atoms with Crippen LogP contribution in [0.1, 0.15) is 52.0 Å². The van der Waals surface area contributed by atoms with Crippen LogP contribution in [0, 0.1) is 0 Å². The molecule has 0 nitrogen and oxygen atoms in total. The normalized spacial score (nSPS) is 12.7. The molecular formula is C18H24S. The predicted octanol–water partition coefficient (Wildman–Crippen LogP) is 6.01. The van der Waals surface area contributed by atoms with Crippen LogP contribution in [0.4, 0.5) is 0 Å². The van der Waals surface area contributed by atoms with E-state index in [1.165, 1.54) is 20.9 Å². The van der Waals surface area contributed by atoms with Crippen molar-refractivity contribution in [2.75, 3.05) is 0 Å². The van der Waals surface area contributed by atoms with Gasteiger partial charge < -0.3 is 0 Å². The van der Waals surface area contributed by atoms with Gasteiger partial charge in [0.1, 0.15) is 0 Å². The summed E-state index contributed by atoms with van der Waals surface area (Å²) < 4.78 is 0. The van der Waals surface area contributed by atoms with E-state index in [0.717, 1.165) is 0 Å². The maximum atomic E-state index is 2.27. The molecule has 0 fully saturated rings. The summed E-state index contributed by atoms with van der Waals surface area (Å²) in [5.41, 5.74) is 3.19. The van der Waals surface area contributed by atoms with E-state index in [4.69, 9.17) is 0 Å². The lowest BCUT2D eigenvalue weighted by molar-refractivity contribution is 0.590. The second kappa shape index (κ2) is 4.79. The number of hydrogen-bond donors (Lipinski definition) is 0. The Morgan fingerprint density at radius 1 is 0.684 bits per heavy atom. The van der Waals surface area contributed by atoms with Gasteiger partial charge in [-0.1, -0.05) is 65.8 Å². The lowest BCUT2D eigenvalue weighted by Crippen LogP contribution is -2.10. The fraction of sp³-hybridized carbons (Fsp3) is 0.444. The lowest BCUT2D eigenvalue weighted by Gasteiger charge is -2.19. The molecular weight excluding hydrogens is 248 g/mol. The Kier molecular flexibility index (Phi) is 3.61. The molecule has 2 aromatic rings. The van der Waals surface area contributed by atoms with E-state index in [1.54, 1.807) is 0 Å². The molecule has 1 heterocycles. The minimum absolute atomic E-state index is 0.227. The number of benzene rings is 1. The standard InChI is InChI=1S/C18H24S/c1-17(2,3)14-9-7-13(8-10-14)15-11-12-16(19-15)18(4,5)6/h7-12H,1-6H3. The van der Waals surface area contributed by atoms with E-state index in [0.29, 0.717) is 0 Å². The Labute approximate surface area is 121 Å². The van der Waals surface area contributed by atoms with Crippen LogP contribution in [0.3, 0.4) is 0 Å². The topological polar surface area (TPSA) is 0 Å². The predicted molar refractivity (Wildman–Crippen MR) is 87.2 cm³/mol. The first-order valence-electron chi connectivity index (χ1n) is 6.89. The van der Waals surface area contributed by atoms with E-state index in [2.05, 4.69) is 77.9 Å². The summed E-state index contributed by atoms with van der Waals surface area (Å²) in [6.45, 7) is 13.6. The third kappa shape index (κ3) is 3.27. The lowest BCUT2D eigenvalue weighted by atomic mass is 9.86. The monoisotopic (exact) mass is 272 g/mol. The Balaban J connectivity index is 2.31. The average molecular weight is 272 g/mol. The molecule has 0 bridgehead atoms. The molecule has 0 atom stereocenters. The van der Waals surface area contributed by atoms with Gasteiger partial charge in [-0.15, -0.1) is 11.3 Å². The fourth-order valence-electron chi connectivity index (χ4n) is 2.03. The van der Waals surface area contributed by atoms with Crippen molar-refractivity contribution in [2.45, 2.75) is 52.4 Å². The van der Waals surface area contributed by atoms with Gasteiger partial charge in [-0.2, -0.15) is 0 Å². The third-order valence-electron chi connectivity index (χ3n) is 3.38. The van der Waals surface area contributed by atoms with Crippen molar-refractivity contribution in [1.82, 2.24) is 0 Å². The molecule has 102 valence electrons. The number of hydrogen-bond acceptors (Lipinski definition) is 1. The van der Waals surface area contributed by atoms with E-state index < -0.39 is 0 Å². The smallest absolute Gasteiger partial charge is 0.0345 e. The molecule has 1 aromatic heterocycles. The molecule has 1 heteroatoms. The van der Waals surface area contributed by atoms with Crippen molar-refractivity contribution in [3.8, 4) is 10.4 Å². The van der Waals surface area contributed by atoms with Crippen molar-refractivity contribution in [1.29, 1.82) is 0 Å². The highest BCUT2D eigenvalue weighted by atomic mass is 32.1. The summed E-state index contributed by atoms with van der Waals surface area (Å²) in [5, 5.41) is 0. The van der Waals surface area contributed by atoms with Crippen molar-refractivity contribution in [2.24, 2.45) is 0 Å². The first kappa shape index (κ1) is 14.3. The zero-order valence-electron chi connectivity index (χ0n) is 12.9. The third-order valence-corrected chi connectivity index (χ3v) is 4.94. The van der Waals surface area contributed by atoms with Gasteiger partial charge in [-0.3, -0.25) is 0 Å². The van der Waals surface area contributed by atoms with Crippen molar-refractivity contribution in [3.63, 3.8) is 0 Å². The van der Waals surface area contributed by atoms with Gasteiger partial charge in [0.2, 0.25) is 0 Å². The maximum Gasteiger partial charge on any atom is 0.0345 e. The van der Waals surface area contributed by atoms with Gasteiger partial charge in [0.15, 0.2) is 0 Å². The van der Waals surface area contributed by atoms with Crippen LogP contribution in [-0.4, -0.2) is 0 Å². The summed E-state index contributed by atoms with van der Waals surface area (Å²) >= 11 is 1.91. The average Bonchev–Trinajstić information content (AvgIpc) is 2.77. The van der Waals surface area contributed by atoms with Crippen LogP contribution < -0.4 is 0 Å². The molecule has 1 aromatic carbocycles. The zero-order chi connectivity index (χ0) is 14.3. The van der Waals surface area contributed by atoms with Gasteiger partial charge in [-0.05, 0) is 34.1 Å². The van der Waals surface area contributed by atoms with Gasteiger partial charge in [0, 0.05) is 9.75 Å². The molecule has 0 unspecified atom stereocenters. The summed E-state index contributed by atoms with van der Waals surface area (Å²) in [6, 6.07) is 13.5. The van der Waals surface area contributed by atoms with E-state index >= 15 is 0 Å². The quantitative estimate of drug-likeness (QED) is 0.596. The largest absolute Gasteiger partial charge is 0.140 e. The highest BCUT2D eigenvalue weighted by molar-refractivity contribution is 7.15. The highest BCUT2D eigenvalue weighted by Crippen LogP contribution is 2.35. The molecule has 0 aliphatic rings. The molecule has 0 spiro atoms. The van der Waals surface area contributed by atoms with Gasteiger partial charge in [-0.25, -0.2) is 0 Å². The second-order valence-electron chi connectivity index (χ2n) is 7.24. The molecule has 0 radical (unpaired) electrons. The maximum absolute atomic E-state index is 2.27. The number of rotatable bonds is 1. The summed E-state index contributed by atoms with van der Waals surface area (Å²) in [6.07, 6.45) is 0. The van der Waals surface area contributed by atoms with Crippen molar-refractivity contribution < 1.29 is 0 Å². The minimum Gasteiger partial charge on any atom is -0.140 e. The summed E-state index contributed by atoms with van der Waals surface area (Å²) in [5.74, 6) is 0. The summed E-state index contributed by atoms with van der Waals surface area (Å²) in [7, 11) is 0. The number of thiophene rings is 1. The van der Waals surface area contributed by atoms with E-state index in [1.807, 2.05) is 11.3 Å². The molecule has 2 rings (SSSR count). The Morgan fingerprint density at radius 2 is 1.26 bits per heavy atom. The Hall–Kier alpha value is -1.08. The molecule has 0 N–H and O–H groups in total. The van der Waals surface area contributed by atoms with Crippen molar-refractivity contribution in [3.05, 3.63) is 46.8 Å². The van der Waals surface area contributed by atoms with Crippen LogP contribution in [0.15, 0.2) is 36.4 Å². The van der Waals surface area contributed by atoms with E-state index in [9.17, 15) is 0 Å². The van der Waals surface area contributed by atoms with Crippen LogP contribution in [0.25, 0.3) is 10.4 Å².